The minimum atomic E-state index is -0.599. The summed E-state index contributed by atoms with van der Waals surface area (Å²) in [5, 5.41) is 7.99. The summed E-state index contributed by atoms with van der Waals surface area (Å²) in [5.74, 6) is 0.949. The Labute approximate surface area is 93.4 Å². The molecule has 0 radical (unpaired) electrons. The second kappa shape index (κ2) is 3.41. The van der Waals surface area contributed by atoms with Gasteiger partial charge in [0.15, 0.2) is 5.82 Å². The van der Waals surface area contributed by atoms with Crippen LogP contribution in [0.4, 0.5) is 0 Å². The molecule has 0 aliphatic rings. The number of nitrogens with zero attached hydrogens (tertiary/aromatic N) is 4. The molecular formula is C10H15N5O. The van der Waals surface area contributed by atoms with Crippen LogP contribution < -0.4 is 5.73 Å². The van der Waals surface area contributed by atoms with Crippen molar-refractivity contribution in [1.82, 2.24) is 19.9 Å². The van der Waals surface area contributed by atoms with E-state index in [0.29, 0.717) is 11.7 Å². The second-order valence-electron chi connectivity index (χ2n) is 4.41. The molecule has 2 heterocycles. The summed E-state index contributed by atoms with van der Waals surface area (Å²) in [6.07, 6.45) is 1.70. The average molecular weight is 221 g/mol. The molecule has 0 unspecified atom stereocenters. The van der Waals surface area contributed by atoms with Crippen molar-refractivity contribution >= 4 is 0 Å². The molecule has 0 spiro atoms. The van der Waals surface area contributed by atoms with Gasteiger partial charge < -0.3 is 10.3 Å². The van der Waals surface area contributed by atoms with E-state index in [9.17, 15) is 0 Å². The maximum atomic E-state index is 5.89. The smallest absolute Gasteiger partial charge is 0.261 e. The first-order valence-corrected chi connectivity index (χ1v) is 5.01. The summed E-state index contributed by atoms with van der Waals surface area (Å²) < 4.78 is 6.93. The van der Waals surface area contributed by atoms with Crippen LogP contribution in [0.3, 0.4) is 0 Å². The number of aromatic nitrogens is 4. The van der Waals surface area contributed by atoms with Crippen molar-refractivity contribution in [3.05, 3.63) is 17.7 Å². The molecule has 0 amide bonds. The van der Waals surface area contributed by atoms with Crippen molar-refractivity contribution in [3.63, 3.8) is 0 Å². The van der Waals surface area contributed by atoms with E-state index in [1.165, 1.54) is 0 Å². The Bertz CT molecular complexity index is 506. The lowest BCUT2D eigenvalue weighted by Gasteiger charge is -2.11. The Balaban J connectivity index is 2.43. The average Bonchev–Trinajstić information content (AvgIpc) is 2.74. The fourth-order valence-electron chi connectivity index (χ4n) is 1.30. The third-order valence-electron chi connectivity index (χ3n) is 2.47. The molecule has 0 aromatic carbocycles. The third kappa shape index (κ3) is 1.71. The fraction of sp³-hybridized carbons (Fsp3) is 0.500. The molecule has 6 nitrogen and oxygen atoms in total. The zero-order valence-corrected chi connectivity index (χ0v) is 9.85. The van der Waals surface area contributed by atoms with Crippen molar-refractivity contribution < 1.29 is 4.52 Å². The Kier molecular flexibility index (Phi) is 2.31. The molecule has 6 heteroatoms. The van der Waals surface area contributed by atoms with Crippen LogP contribution in [0.1, 0.15) is 25.4 Å². The van der Waals surface area contributed by atoms with E-state index in [4.69, 9.17) is 10.3 Å². The van der Waals surface area contributed by atoms with Gasteiger partial charge in [-0.3, -0.25) is 4.68 Å². The summed E-state index contributed by atoms with van der Waals surface area (Å²) in [7, 11) is 1.86. The fourth-order valence-corrected chi connectivity index (χ4v) is 1.30. The minimum Gasteiger partial charge on any atom is -0.334 e. The van der Waals surface area contributed by atoms with E-state index in [0.717, 1.165) is 11.3 Å². The lowest BCUT2D eigenvalue weighted by atomic mass is 10.1. The highest BCUT2D eigenvalue weighted by molar-refractivity contribution is 5.54. The number of aryl methyl sites for hydroxylation is 1. The molecule has 2 rings (SSSR count). The van der Waals surface area contributed by atoms with E-state index in [-0.39, 0.29) is 0 Å². The molecule has 0 aliphatic heterocycles. The number of hydrogen-bond donors (Lipinski definition) is 1. The first-order chi connectivity index (χ1) is 7.39. The molecule has 2 aromatic heterocycles. The van der Waals surface area contributed by atoms with Gasteiger partial charge in [-0.25, -0.2) is 0 Å². The van der Waals surface area contributed by atoms with Gasteiger partial charge in [-0.1, -0.05) is 5.16 Å². The number of hydrogen-bond acceptors (Lipinski definition) is 5. The van der Waals surface area contributed by atoms with Crippen molar-refractivity contribution in [1.29, 1.82) is 0 Å². The van der Waals surface area contributed by atoms with Crippen LogP contribution in [-0.4, -0.2) is 19.9 Å². The summed E-state index contributed by atoms with van der Waals surface area (Å²) in [4.78, 5) is 4.27. The second-order valence-corrected chi connectivity index (χ2v) is 4.41. The van der Waals surface area contributed by atoms with Gasteiger partial charge in [-0.2, -0.15) is 10.1 Å². The molecule has 0 aliphatic carbocycles. The maximum absolute atomic E-state index is 5.89. The Morgan fingerprint density at radius 3 is 2.56 bits per heavy atom. The predicted octanol–water partition coefficient (Wildman–Crippen LogP) is 0.972. The van der Waals surface area contributed by atoms with Crippen LogP contribution in [0.2, 0.25) is 0 Å². The van der Waals surface area contributed by atoms with E-state index >= 15 is 0 Å². The van der Waals surface area contributed by atoms with E-state index in [2.05, 4.69) is 15.2 Å². The SMILES string of the molecule is Cc1c(-c2nc(C(C)(C)N)no2)cnn1C. The summed E-state index contributed by atoms with van der Waals surface area (Å²) >= 11 is 0. The van der Waals surface area contributed by atoms with Gasteiger partial charge in [0.05, 0.1) is 17.3 Å². The monoisotopic (exact) mass is 221 g/mol. The van der Waals surface area contributed by atoms with Gasteiger partial charge in [-0.15, -0.1) is 0 Å². The highest BCUT2D eigenvalue weighted by atomic mass is 16.5. The van der Waals surface area contributed by atoms with Gasteiger partial charge in [-0.05, 0) is 20.8 Å². The standard InChI is InChI=1S/C10H15N5O/c1-6-7(5-12-15(6)4)8-13-9(14-16-8)10(2,3)11/h5H,11H2,1-4H3. The third-order valence-corrected chi connectivity index (χ3v) is 2.47. The van der Waals surface area contributed by atoms with Crippen molar-refractivity contribution in [3.8, 4) is 11.5 Å². The predicted molar refractivity (Wildman–Crippen MR) is 58.5 cm³/mol. The first-order valence-electron chi connectivity index (χ1n) is 5.01. The normalized spacial score (nSPS) is 12.1. The summed E-state index contributed by atoms with van der Waals surface area (Å²) in [5.41, 5.74) is 7.10. The zero-order chi connectivity index (χ0) is 11.9. The molecule has 0 fully saturated rings. The van der Waals surface area contributed by atoms with Crippen molar-refractivity contribution in [2.75, 3.05) is 0 Å². The summed E-state index contributed by atoms with van der Waals surface area (Å²) in [6.45, 7) is 5.61. The van der Waals surface area contributed by atoms with Gasteiger partial charge >= 0.3 is 0 Å². The molecule has 0 saturated heterocycles. The van der Waals surface area contributed by atoms with Crippen molar-refractivity contribution in [2.45, 2.75) is 26.3 Å². The van der Waals surface area contributed by atoms with Crippen LogP contribution >= 0.6 is 0 Å². The van der Waals surface area contributed by atoms with E-state index in [1.807, 2.05) is 27.8 Å². The minimum absolute atomic E-state index is 0.458. The van der Waals surface area contributed by atoms with Gasteiger partial charge in [0, 0.05) is 12.7 Å². The largest absolute Gasteiger partial charge is 0.334 e. The maximum Gasteiger partial charge on any atom is 0.261 e. The van der Waals surface area contributed by atoms with Gasteiger partial charge in [0.2, 0.25) is 0 Å². The molecule has 0 bridgehead atoms. The highest BCUT2D eigenvalue weighted by Gasteiger charge is 2.23. The molecule has 0 atom stereocenters. The van der Waals surface area contributed by atoms with Crippen molar-refractivity contribution in [2.24, 2.45) is 12.8 Å². The lowest BCUT2D eigenvalue weighted by molar-refractivity contribution is 0.397. The number of nitrogens with two attached hydrogens (primary N) is 1. The Hall–Kier alpha value is -1.69. The van der Waals surface area contributed by atoms with Gasteiger partial charge in [0.1, 0.15) is 0 Å². The molecule has 0 saturated carbocycles. The summed E-state index contributed by atoms with van der Waals surface area (Å²) in [6, 6.07) is 0. The first kappa shape index (κ1) is 10.8. The molecule has 2 N–H and O–H groups in total. The Morgan fingerprint density at radius 2 is 2.12 bits per heavy atom. The van der Waals surface area contributed by atoms with Crippen LogP contribution in [0.25, 0.3) is 11.5 Å². The molecular weight excluding hydrogens is 206 g/mol. The van der Waals surface area contributed by atoms with Crippen LogP contribution in [-0.2, 0) is 12.6 Å². The highest BCUT2D eigenvalue weighted by Crippen LogP contribution is 2.22. The molecule has 86 valence electrons. The van der Waals surface area contributed by atoms with Crippen LogP contribution in [0.15, 0.2) is 10.7 Å². The Morgan fingerprint density at radius 1 is 1.44 bits per heavy atom. The molecule has 2 aromatic rings. The van der Waals surface area contributed by atoms with E-state index in [1.54, 1.807) is 10.9 Å². The zero-order valence-electron chi connectivity index (χ0n) is 9.85. The molecule has 16 heavy (non-hydrogen) atoms. The van der Waals surface area contributed by atoms with Crippen LogP contribution in [0.5, 0.6) is 0 Å². The topological polar surface area (TPSA) is 82.8 Å². The quantitative estimate of drug-likeness (QED) is 0.817. The number of rotatable bonds is 2. The van der Waals surface area contributed by atoms with Crippen LogP contribution in [0, 0.1) is 6.92 Å². The van der Waals surface area contributed by atoms with Gasteiger partial charge in [0.25, 0.3) is 5.89 Å². The van der Waals surface area contributed by atoms with E-state index < -0.39 is 5.54 Å². The lowest BCUT2D eigenvalue weighted by Crippen LogP contribution is -2.30.